The quantitative estimate of drug-likeness (QED) is 0.709. The predicted molar refractivity (Wildman–Crippen MR) is 74.4 cm³/mol. The molecular formula is C14H23N3O. The molecule has 0 saturated heterocycles. The SMILES string of the molecule is CCN(C)C(C(=O)NCCNC)c1ccccc1. The Bertz CT molecular complexity index is 353. The first-order valence-electron chi connectivity index (χ1n) is 6.38. The highest BCUT2D eigenvalue weighted by Gasteiger charge is 2.23. The highest BCUT2D eigenvalue weighted by atomic mass is 16.2. The van der Waals surface area contributed by atoms with Crippen molar-refractivity contribution in [2.75, 3.05) is 33.7 Å². The number of nitrogens with zero attached hydrogens (tertiary/aromatic N) is 1. The minimum Gasteiger partial charge on any atom is -0.353 e. The zero-order valence-corrected chi connectivity index (χ0v) is 11.4. The summed E-state index contributed by atoms with van der Waals surface area (Å²) in [5.74, 6) is 0.0563. The van der Waals surface area contributed by atoms with Gasteiger partial charge in [-0.25, -0.2) is 0 Å². The van der Waals surface area contributed by atoms with E-state index in [1.807, 2.05) is 49.3 Å². The van der Waals surface area contributed by atoms with E-state index in [1.54, 1.807) is 0 Å². The van der Waals surface area contributed by atoms with Crippen LogP contribution in [0, 0.1) is 0 Å². The maximum Gasteiger partial charge on any atom is 0.241 e. The Balaban J connectivity index is 2.76. The van der Waals surface area contributed by atoms with E-state index in [2.05, 4.69) is 17.6 Å². The number of carbonyl (C=O) groups is 1. The van der Waals surface area contributed by atoms with Crippen molar-refractivity contribution in [3.63, 3.8) is 0 Å². The molecule has 18 heavy (non-hydrogen) atoms. The normalized spacial score (nSPS) is 12.4. The summed E-state index contributed by atoms with van der Waals surface area (Å²) in [5.41, 5.74) is 1.03. The van der Waals surface area contributed by atoms with Crippen LogP contribution in [0.2, 0.25) is 0 Å². The van der Waals surface area contributed by atoms with Gasteiger partial charge in [-0.2, -0.15) is 0 Å². The van der Waals surface area contributed by atoms with Gasteiger partial charge in [0.15, 0.2) is 0 Å². The molecule has 1 amide bonds. The largest absolute Gasteiger partial charge is 0.353 e. The molecule has 2 N–H and O–H groups in total. The minimum atomic E-state index is -0.215. The van der Waals surface area contributed by atoms with E-state index in [0.29, 0.717) is 6.54 Å². The maximum atomic E-state index is 12.2. The van der Waals surface area contributed by atoms with E-state index in [-0.39, 0.29) is 11.9 Å². The third-order valence-electron chi connectivity index (χ3n) is 2.98. The third-order valence-corrected chi connectivity index (χ3v) is 2.98. The summed E-state index contributed by atoms with van der Waals surface area (Å²) in [4.78, 5) is 14.3. The van der Waals surface area contributed by atoms with Crippen molar-refractivity contribution < 1.29 is 4.79 Å². The van der Waals surface area contributed by atoms with Gasteiger partial charge in [-0.15, -0.1) is 0 Å². The van der Waals surface area contributed by atoms with Crippen molar-refractivity contribution >= 4 is 5.91 Å². The van der Waals surface area contributed by atoms with Crippen molar-refractivity contribution in [2.24, 2.45) is 0 Å². The number of benzene rings is 1. The van der Waals surface area contributed by atoms with E-state index in [4.69, 9.17) is 0 Å². The first-order chi connectivity index (χ1) is 8.70. The zero-order valence-electron chi connectivity index (χ0n) is 11.4. The molecule has 0 aliphatic carbocycles. The van der Waals surface area contributed by atoms with E-state index in [9.17, 15) is 4.79 Å². The van der Waals surface area contributed by atoms with Crippen molar-refractivity contribution in [1.82, 2.24) is 15.5 Å². The molecule has 0 aromatic heterocycles. The molecule has 0 radical (unpaired) electrons. The monoisotopic (exact) mass is 249 g/mol. The molecule has 1 unspecified atom stereocenters. The van der Waals surface area contributed by atoms with Crippen LogP contribution in [0.25, 0.3) is 0 Å². The number of nitrogens with one attached hydrogen (secondary N) is 2. The fraction of sp³-hybridized carbons (Fsp3) is 0.500. The van der Waals surface area contributed by atoms with Crippen LogP contribution >= 0.6 is 0 Å². The fourth-order valence-corrected chi connectivity index (χ4v) is 1.83. The van der Waals surface area contributed by atoms with Crippen LogP contribution in [0.5, 0.6) is 0 Å². The highest BCUT2D eigenvalue weighted by Crippen LogP contribution is 2.18. The van der Waals surface area contributed by atoms with Gasteiger partial charge in [-0.1, -0.05) is 37.3 Å². The Morgan fingerprint density at radius 1 is 1.28 bits per heavy atom. The smallest absolute Gasteiger partial charge is 0.241 e. The van der Waals surface area contributed by atoms with Crippen molar-refractivity contribution in [3.05, 3.63) is 35.9 Å². The van der Waals surface area contributed by atoms with E-state index >= 15 is 0 Å². The second kappa shape index (κ2) is 7.84. The van der Waals surface area contributed by atoms with Gasteiger partial charge in [0, 0.05) is 13.1 Å². The summed E-state index contributed by atoms with van der Waals surface area (Å²) in [6, 6.07) is 9.67. The predicted octanol–water partition coefficient (Wildman–Crippen LogP) is 1.02. The molecule has 0 bridgehead atoms. The van der Waals surface area contributed by atoms with Crippen molar-refractivity contribution in [3.8, 4) is 0 Å². The summed E-state index contributed by atoms with van der Waals surface area (Å²) >= 11 is 0. The second-order valence-corrected chi connectivity index (χ2v) is 4.28. The Kier molecular flexibility index (Phi) is 6.39. The standard InChI is InChI=1S/C14H23N3O/c1-4-17(3)13(12-8-6-5-7-9-12)14(18)16-11-10-15-2/h5-9,13,15H,4,10-11H2,1-3H3,(H,16,18). The molecular weight excluding hydrogens is 226 g/mol. The number of likely N-dealkylation sites (N-methyl/N-ethyl adjacent to an activating group) is 2. The van der Waals surface area contributed by atoms with Crippen LogP contribution in [0.1, 0.15) is 18.5 Å². The van der Waals surface area contributed by atoms with Gasteiger partial charge in [0.2, 0.25) is 5.91 Å². The molecule has 0 fully saturated rings. The van der Waals surface area contributed by atoms with E-state index in [1.165, 1.54) is 0 Å². The average molecular weight is 249 g/mol. The van der Waals surface area contributed by atoms with Crippen LogP contribution < -0.4 is 10.6 Å². The summed E-state index contributed by atoms with van der Waals surface area (Å²) in [6.07, 6.45) is 0. The van der Waals surface area contributed by atoms with Gasteiger partial charge < -0.3 is 10.6 Å². The Labute approximate surface area is 109 Å². The van der Waals surface area contributed by atoms with Crippen LogP contribution in [0.15, 0.2) is 30.3 Å². The number of hydrogen-bond donors (Lipinski definition) is 2. The molecule has 0 spiro atoms. The summed E-state index contributed by atoms with van der Waals surface area (Å²) < 4.78 is 0. The van der Waals surface area contributed by atoms with E-state index in [0.717, 1.165) is 18.7 Å². The third kappa shape index (κ3) is 4.13. The van der Waals surface area contributed by atoms with Gasteiger partial charge in [-0.05, 0) is 26.2 Å². The minimum absolute atomic E-state index is 0.0563. The molecule has 4 nitrogen and oxygen atoms in total. The zero-order chi connectivity index (χ0) is 13.4. The molecule has 1 atom stereocenters. The number of amides is 1. The number of rotatable bonds is 7. The average Bonchev–Trinajstić information content (AvgIpc) is 2.40. The lowest BCUT2D eigenvalue weighted by Crippen LogP contribution is -2.40. The molecule has 1 rings (SSSR count). The molecule has 4 heteroatoms. The Morgan fingerprint density at radius 3 is 2.50 bits per heavy atom. The van der Waals surface area contributed by atoms with Gasteiger partial charge in [-0.3, -0.25) is 9.69 Å². The molecule has 0 aliphatic heterocycles. The second-order valence-electron chi connectivity index (χ2n) is 4.28. The number of carbonyl (C=O) groups excluding carboxylic acids is 1. The fourth-order valence-electron chi connectivity index (χ4n) is 1.83. The van der Waals surface area contributed by atoms with Crippen molar-refractivity contribution in [1.29, 1.82) is 0 Å². The van der Waals surface area contributed by atoms with Crippen LogP contribution in [-0.4, -0.2) is 44.5 Å². The maximum absolute atomic E-state index is 12.2. The van der Waals surface area contributed by atoms with Crippen LogP contribution in [0.4, 0.5) is 0 Å². The molecule has 0 heterocycles. The Hall–Kier alpha value is -1.39. The molecule has 1 aromatic carbocycles. The first kappa shape index (κ1) is 14.7. The van der Waals surface area contributed by atoms with Crippen molar-refractivity contribution in [2.45, 2.75) is 13.0 Å². The summed E-state index contributed by atoms with van der Waals surface area (Å²) in [7, 11) is 3.84. The van der Waals surface area contributed by atoms with Crippen LogP contribution in [0.3, 0.4) is 0 Å². The van der Waals surface area contributed by atoms with Crippen LogP contribution in [-0.2, 0) is 4.79 Å². The lowest BCUT2D eigenvalue weighted by Gasteiger charge is -2.26. The van der Waals surface area contributed by atoms with Gasteiger partial charge in [0.1, 0.15) is 6.04 Å². The molecule has 0 aliphatic rings. The Morgan fingerprint density at radius 2 is 1.94 bits per heavy atom. The van der Waals surface area contributed by atoms with Gasteiger partial charge in [0.05, 0.1) is 0 Å². The summed E-state index contributed by atoms with van der Waals surface area (Å²) in [5, 5.41) is 5.97. The highest BCUT2D eigenvalue weighted by molar-refractivity contribution is 5.83. The lowest BCUT2D eigenvalue weighted by molar-refractivity contribution is -0.126. The topological polar surface area (TPSA) is 44.4 Å². The van der Waals surface area contributed by atoms with E-state index < -0.39 is 0 Å². The summed E-state index contributed by atoms with van der Waals surface area (Å²) in [6.45, 7) is 4.31. The van der Waals surface area contributed by atoms with Gasteiger partial charge in [0.25, 0.3) is 0 Å². The molecule has 100 valence electrons. The molecule has 0 saturated carbocycles. The first-order valence-corrected chi connectivity index (χ1v) is 6.38. The van der Waals surface area contributed by atoms with Gasteiger partial charge >= 0.3 is 0 Å². The lowest BCUT2D eigenvalue weighted by atomic mass is 10.0. The number of hydrogen-bond acceptors (Lipinski definition) is 3. The molecule has 1 aromatic rings.